The maximum absolute atomic E-state index is 12.3. The maximum atomic E-state index is 12.3. The van der Waals surface area contributed by atoms with Crippen LogP contribution in [0, 0.1) is 6.92 Å². The monoisotopic (exact) mass is 386 g/mol. The normalized spacial score (nSPS) is 10.7. The molecule has 0 aliphatic heterocycles. The molecule has 0 saturated carbocycles. The molecule has 0 aliphatic rings. The van der Waals surface area contributed by atoms with Crippen molar-refractivity contribution < 1.29 is 4.74 Å². The molecule has 0 amide bonds. The summed E-state index contributed by atoms with van der Waals surface area (Å²) < 4.78 is 5.11. The van der Waals surface area contributed by atoms with Crippen LogP contribution in [0.5, 0.6) is 5.88 Å². The number of methoxy groups -OCH3 is 1. The van der Waals surface area contributed by atoms with Gasteiger partial charge in [0, 0.05) is 54.2 Å². The van der Waals surface area contributed by atoms with Gasteiger partial charge in [-0.1, -0.05) is 0 Å². The molecule has 9 heteroatoms. The predicted octanol–water partition coefficient (Wildman–Crippen LogP) is 2.14. The molecule has 3 aromatic rings. The van der Waals surface area contributed by atoms with Crippen LogP contribution < -0.4 is 15.6 Å². The molecule has 0 atom stereocenters. The molecule has 8 nitrogen and oxygen atoms in total. The summed E-state index contributed by atoms with van der Waals surface area (Å²) in [4.78, 5) is 30.8. The van der Waals surface area contributed by atoms with E-state index in [0.717, 1.165) is 28.5 Å². The molecule has 142 valence electrons. The summed E-state index contributed by atoms with van der Waals surface area (Å²) in [5.74, 6) is 2.74. The lowest BCUT2D eigenvalue weighted by molar-refractivity contribution is 0.397. The fourth-order valence-corrected chi connectivity index (χ4v) is 3.35. The molecule has 0 aromatic carbocycles. The highest BCUT2D eigenvalue weighted by Crippen LogP contribution is 2.13. The van der Waals surface area contributed by atoms with Gasteiger partial charge in [-0.15, -0.1) is 0 Å². The number of pyridine rings is 1. The predicted molar refractivity (Wildman–Crippen MR) is 106 cm³/mol. The fraction of sp³-hybridized carbons (Fsp3) is 0.333. The van der Waals surface area contributed by atoms with Crippen LogP contribution in [-0.4, -0.2) is 44.3 Å². The number of H-pyrrole nitrogens is 2. The quantitative estimate of drug-likeness (QED) is 0.484. The number of aryl methyl sites for hydroxylation is 1. The Labute approximate surface area is 161 Å². The first kappa shape index (κ1) is 19.0. The lowest BCUT2D eigenvalue weighted by atomic mass is 10.1. The second-order valence-electron chi connectivity index (χ2n) is 5.92. The largest absolute Gasteiger partial charge is 0.481 e. The van der Waals surface area contributed by atoms with Gasteiger partial charge in [-0.3, -0.25) is 9.78 Å². The third kappa shape index (κ3) is 5.33. The average Bonchev–Trinajstić information content (AvgIpc) is 3.08. The number of nitrogens with zero attached hydrogens (tertiary/aromatic N) is 3. The molecule has 0 radical (unpaired) electrons. The van der Waals surface area contributed by atoms with Gasteiger partial charge in [0.2, 0.25) is 11.8 Å². The van der Waals surface area contributed by atoms with Crippen molar-refractivity contribution in [2.45, 2.75) is 19.1 Å². The molecule has 3 heterocycles. The number of anilines is 1. The number of hydrogen-bond acceptors (Lipinski definition) is 7. The van der Waals surface area contributed by atoms with Crippen LogP contribution in [0.2, 0.25) is 0 Å². The average molecular weight is 386 g/mol. The summed E-state index contributed by atoms with van der Waals surface area (Å²) >= 11 is 1.77. The molecular formula is C18H22N6O2S. The minimum atomic E-state index is -0.150. The Bertz CT molecular complexity index is 939. The van der Waals surface area contributed by atoms with Gasteiger partial charge in [0.25, 0.3) is 5.56 Å². The summed E-state index contributed by atoms with van der Waals surface area (Å²) in [5.41, 5.74) is 3.56. The summed E-state index contributed by atoms with van der Waals surface area (Å²) in [7, 11) is 1.56. The van der Waals surface area contributed by atoms with E-state index in [9.17, 15) is 4.79 Å². The van der Waals surface area contributed by atoms with E-state index in [1.54, 1.807) is 37.6 Å². The van der Waals surface area contributed by atoms with E-state index >= 15 is 0 Å². The van der Waals surface area contributed by atoms with Crippen LogP contribution >= 0.6 is 11.8 Å². The number of rotatable bonds is 9. The Balaban J connectivity index is 1.49. The van der Waals surface area contributed by atoms with Crippen molar-refractivity contribution in [3.63, 3.8) is 0 Å². The highest BCUT2D eigenvalue weighted by atomic mass is 32.2. The van der Waals surface area contributed by atoms with Crippen molar-refractivity contribution in [1.29, 1.82) is 0 Å². The van der Waals surface area contributed by atoms with Gasteiger partial charge in [-0.2, -0.15) is 11.8 Å². The van der Waals surface area contributed by atoms with Crippen LogP contribution in [0.3, 0.4) is 0 Å². The van der Waals surface area contributed by atoms with Crippen molar-refractivity contribution in [2.24, 2.45) is 0 Å². The Hall–Kier alpha value is -2.81. The van der Waals surface area contributed by atoms with Crippen LogP contribution in [0.1, 0.15) is 22.5 Å². The van der Waals surface area contributed by atoms with E-state index in [1.165, 1.54) is 0 Å². The summed E-state index contributed by atoms with van der Waals surface area (Å²) in [6.07, 6.45) is 5.45. The number of nitrogens with one attached hydrogen (secondary N) is 3. The Morgan fingerprint density at radius 3 is 2.93 bits per heavy atom. The third-order valence-corrected chi connectivity index (χ3v) is 4.96. The molecule has 0 spiro atoms. The zero-order chi connectivity index (χ0) is 19.1. The Kier molecular flexibility index (Phi) is 6.48. The molecule has 0 bridgehead atoms. The highest BCUT2D eigenvalue weighted by molar-refractivity contribution is 7.98. The van der Waals surface area contributed by atoms with Gasteiger partial charge in [0.15, 0.2) is 0 Å². The third-order valence-electron chi connectivity index (χ3n) is 3.99. The summed E-state index contributed by atoms with van der Waals surface area (Å²) in [6, 6.07) is 3.66. The number of ether oxygens (including phenoxy) is 1. The van der Waals surface area contributed by atoms with Crippen molar-refractivity contribution in [2.75, 3.05) is 24.7 Å². The zero-order valence-corrected chi connectivity index (χ0v) is 16.1. The number of hydrogen-bond donors (Lipinski definition) is 3. The zero-order valence-electron chi connectivity index (χ0n) is 15.3. The Morgan fingerprint density at radius 2 is 2.19 bits per heavy atom. The van der Waals surface area contributed by atoms with Crippen LogP contribution in [0.15, 0.2) is 35.6 Å². The first-order valence-electron chi connectivity index (χ1n) is 8.53. The molecular weight excluding hydrogens is 364 g/mol. The van der Waals surface area contributed by atoms with E-state index in [4.69, 9.17) is 4.74 Å². The lowest BCUT2D eigenvalue weighted by Crippen LogP contribution is -2.18. The molecule has 3 N–H and O–H groups in total. The van der Waals surface area contributed by atoms with Gasteiger partial charge in [-0.25, -0.2) is 15.0 Å². The highest BCUT2D eigenvalue weighted by Gasteiger charge is 2.06. The fourth-order valence-electron chi connectivity index (χ4n) is 2.47. The van der Waals surface area contributed by atoms with Gasteiger partial charge in [0.05, 0.1) is 19.1 Å². The topological polar surface area (TPSA) is 109 Å². The van der Waals surface area contributed by atoms with Crippen molar-refractivity contribution in [1.82, 2.24) is 24.9 Å². The maximum Gasteiger partial charge on any atom is 0.255 e. The number of imidazole rings is 1. The number of thioether (sulfide) groups is 1. The van der Waals surface area contributed by atoms with E-state index in [0.29, 0.717) is 30.4 Å². The molecule has 27 heavy (non-hydrogen) atoms. The van der Waals surface area contributed by atoms with Gasteiger partial charge < -0.3 is 15.0 Å². The van der Waals surface area contributed by atoms with Crippen molar-refractivity contribution in [3.8, 4) is 5.88 Å². The molecule has 3 rings (SSSR count). The van der Waals surface area contributed by atoms with Gasteiger partial charge in [-0.05, 0) is 18.6 Å². The van der Waals surface area contributed by atoms with E-state index in [2.05, 4.69) is 30.2 Å². The van der Waals surface area contributed by atoms with Crippen LogP contribution in [0.4, 0.5) is 5.95 Å². The number of aromatic nitrogens is 5. The molecule has 3 aromatic heterocycles. The van der Waals surface area contributed by atoms with Gasteiger partial charge >= 0.3 is 0 Å². The second kappa shape index (κ2) is 9.22. The minimum Gasteiger partial charge on any atom is -0.481 e. The van der Waals surface area contributed by atoms with E-state index in [1.807, 2.05) is 19.1 Å². The Morgan fingerprint density at radius 1 is 1.30 bits per heavy atom. The SMILES string of the molecule is COc1cc(Cc2cnc(NCCSCc3nc[nH]c3C)[nH]c2=O)ccn1. The molecule has 0 aliphatic carbocycles. The first-order valence-corrected chi connectivity index (χ1v) is 9.68. The summed E-state index contributed by atoms with van der Waals surface area (Å²) in [6.45, 7) is 2.72. The van der Waals surface area contributed by atoms with E-state index < -0.39 is 0 Å². The lowest BCUT2D eigenvalue weighted by Gasteiger charge is -2.07. The molecule has 0 fully saturated rings. The summed E-state index contributed by atoms with van der Waals surface area (Å²) in [5, 5.41) is 3.14. The second-order valence-corrected chi connectivity index (χ2v) is 7.03. The van der Waals surface area contributed by atoms with E-state index in [-0.39, 0.29) is 5.56 Å². The van der Waals surface area contributed by atoms with Gasteiger partial charge in [0.1, 0.15) is 0 Å². The van der Waals surface area contributed by atoms with Crippen LogP contribution in [-0.2, 0) is 12.2 Å². The number of aromatic amines is 2. The molecule has 0 saturated heterocycles. The first-order chi connectivity index (χ1) is 13.2. The smallest absolute Gasteiger partial charge is 0.255 e. The van der Waals surface area contributed by atoms with Crippen LogP contribution in [0.25, 0.3) is 0 Å². The molecule has 0 unspecified atom stereocenters. The van der Waals surface area contributed by atoms with Crippen molar-refractivity contribution in [3.05, 3.63) is 63.7 Å². The standard InChI is InChI=1S/C18H22N6O2S/c1-12-15(23-11-22-12)10-27-6-5-20-18-21-9-14(17(25)24-18)7-13-3-4-19-16(8-13)26-2/h3-4,8-9,11H,5-7,10H2,1-2H3,(H,22,23)(H2,20,21,24,25). The minimum absolute atomic E-state index is 0.150. The van der Waals surface area contributed by atoms with Crippen molar-refractivity contribution >= 4 is 17.7 Å².